The lowest BCUT2D eigenvalue weighted by molar-refractivity contribution is -0.0385. The van der Waals surface area contributed by atoms with Crippen LogP contribution < -0.4 is 5.73 Å². The zero-order chi connectivity index (χ0) is 12.6. The summed E-state index contributed by atoms with van der Waals surface area (Å²) in [5.41, 5.74) is 6.49. The number of nitrogens with two attached hydrogens (primary N) is 1. The molecule has 2 unspecified atom stereocenters. The van der Waals surface area contributed by atoms with Gasteiger partial charge >= 0.3 is 0 Å². The zero-order valence-corrected chi connectivity index (χ0v) is 11.2. The minimum Gasteiger partial charge on any atom is -0.398 e. The Balaban J connectivity index is 2.18. The van der Waals surface area contributed by atoms with Crippen molar-refractivity contribution in [2.75, 3.05) is 18.9 Å². The summed E-state index contributed by atoms with van der Waals surface area (Å²) in [6, 6.07) is 1.90. The lowest BCUT2D eigenvalue weighted by Crippen LogP contribution is -2.50. The summed E-state index contributed by atoms with van der Waals surface area (Å²) < 4.78 is 5.52. The van der Waals surface area contributed by atoms with Gasteiger partial charge in [-0.3, -0.25) is 4.79 Å². The molecule has 4 nitrogen and oxygen atoms in total. The van der Waals surface area contributed by atoms with Gasteiger partial charge < -0.3 is 15.4 Å². The molecule has 1 aliphatic heterocycles. The Bertz CT molecular complexity index is 411. The Kier molecular flexibility index (Phi) is 3.40. The van der Waals surface area contributed by atoms with E-state index in [2.05, 4.69) is 0 Å². The number of hydrogen-bond donors (Lipinski definition) is 1. The number of ether oxygens (including phenoxy) is 1. The first-order valence-corrected chi connectivity index (χ1v) is 6.59. The second kappa shape index (κ2) is 4.66. The highest BCUT2D eigenvalue weighted by Crippen LogP contribution is 2.26. The van der Waals surface area contributed by atoms with Crippen molar-refractivity contribution in [2.24, 2.45) is 0 Å². The highest BCUT2D eigenvalue weighted by atomic mass is 32.1. The Hall–Kier alpha value is -1.07. The molecule has 2 N–H and O–H groups in total. The van der Waals surface area contributed by atoms with E-state index in [-0.39, 0.29) is 18.1 Å². The summed E-state index contributed by atoms with van der Waals surface area (Å²) >= 11 is 1.46. The molecule has 0 saturated carbocycles. The molecule has 1 saturated heterocycles. The molecule has 94 valence electrons. The van der Waals surface area contributed by atoms with Gasteiger partial charge in [-0.25, -0.2) is 0 Å². The Morgan fingerprint density at radius 1 is 1.59 bits per heavy atom. The van der Waals surface area contributed by atoms with Crippen LogP contribution in [0.4, 0.5) is 5.69 Å². The predicted octanol–water partition coefficient (Wildman–Crippen LogP) is 1.89. The molecule has 0 spiro atoms. The molecule has 2 atom stereocenters. The standard InChI is InChI=1S/C12H18N2O2S/c1-7-6-16-8(2)5-14(7)12(15)11-4-10(13)9(3)17-11/h4,7-8H,5-6,13H2,1-3H3. The SMILES string of the molecule is Cc1sc(C(=O)N2CC(C)OCC2C)cc1N. The maximum absolute atomic E-state index is 12.3. The predicted molar refractivity (Wildman–Crippen MR) is 69.4 cm³/mol. The number of rotatable bonds is 1. The van der Waals surface area contributed by atoms with E-state index < -0.39 is 0 Å². The monoisotopic (exact) mass is 254 g/mol. The van der Waals surface area contributed by atoms with E-state index >= 15 is 0 Å². The van der Waals surface area contributed by atoms with Crippen LogP contribution in [-0.2, 0) is 4.74 Å². The average Bonchev–Trinajstić information content (AvgIpc) is 2.62. The first kappa shape index (κ1) is 12.4. The normalized spacial score (nSPS) is 25.0. The number of amides is 1. The third kappa shape index (κ3) is 2.45. The molecule has 0 radical (unpaired) electrons. The molecule has 1 aliphatic rings. The van der Waals surface area contributed by atoms with Crippen molar-refractivity contribution in [3.05, 3.63) is 15.8 Å². The van der Waals surface area contributed by atoms with Crippen LogP contribution in [0.25, 0.3) is 0 Å². The number of aryl methyl sites for hydroxylation is 1. The summed E-state index contributed by atoms with van der Waals surface area (Å²) in [6.45, 7) is 7.18. The summed E-state index contributed by atoms with van der Waals surface area (Å²) in [5.74, 6) is 0.0671. The Morgan fingerprint density at radius 2 is 2.29 bits per heavy atom. The first-order valence-electron chi connectivity index (χ1n) is 5.77. The quantitative estimate of drug-likeness (QED) is 0.832. The Labute approximate surface area is 105 Å². The second-order valence-electron chi connectivity index (χ2n) is 4.57. The molecular formula is C12H18N2O2S. The van der Waals surface area contributed by atoms with Crippen LogP contribution in [-0.4, -0.2) is 36.1 Å². The van der Waals surface area contributed by atoms with Gasteiger partial charge in [0.2, 0.25) is 0 Å². The molecule has 2 heterocycles. The van der Waals surface area contributed by atoms with Crippen LogP contribution >= 0.6 is 11.3 Å². The minimum absolute atomic E-state index is 0.0671. The molecular weight excluding hydrogens is 236 g/mol. The zero-order valence-electron chi connectivity index (χ0n) is 10.4. The van der Waals surface area contributed by atoms with E-state index in [1.54, 1.807) is 6.07 Å². The number of nitrogen functional groups attached to an aromatic ring is 1. The number of hydrogen-bond acceptors (Lipinski definition) is 4. The molecule has 1 aromatic heterocycles. The minimum atomic E-state index is 0.0671. The van der Waals surface area contributed by atoms with Crippen molar-refractivity contribution in [3.8, 4) is 0 Å². The van der Waals surface area contributed by atoms with E-state index in [0.29, 0.717) is 18.8 Å². The van der Waals surface area contributed by atoms with Crippen molar-refractivity contribution in [3.63, 3.8) is 0 Å². The number of morpholine rings is 1. The molecule has 1 fully saturated rings. The maximum atomic E-state index is 12.3. The second-order valence-corrected chi connectivity index (χ2v) is 5.83. The number of nitrogens with zero attached hydrogens (tertiary/aromatic N) is 1. The van der Waals surface area contributed by atoms with Crippen molar-refractivity contribution in [1.82, 2.24) is 4.90 Å². The van der Waals surface area contributed by atoms with Crippen LogP contribution in [0.15, 0.2) is 6.07 Å². The van der Waals surface area contributed by atoms with Crippen molar-refractivity contribution in [1.29, 1.82) is 0 Å². The molecule has 0 aliphatic carbocycles. The molecule has 1 amide bonds. The highest BCUT2D eigenvalue weighted by molar-refractivity contribution is 7.14. The van der Waals surface area contributed by atoms with Gasteiger partial charge in [0, 0.05) is 17.1 Å². The number of thiophene rings is 1. The van der Waals surface area contributed by atoms with E-state index in [0.717, 1.165) is 9.75 Å². The topological polar surface area (TPSA) is 55.6 Å². The van der Waals surface area contributed by atoms with Gasteiger partial charge in [-0.2, -0.15) is 0 Å². The van der Waals surface area contributed by atoms with Gasteiger partial charge in [-0.1, -0.05) is 0 Å². The van der Waals surface area contributed by atoms with Gasteiger partial charge in [-0.15, -0.1) is 11.3 Å². The third-order valence-electron chi connectivity index (χ3n) is 3.04. The van der Waals surface area contributed by atoms with Crippen LogP contribution in [0.5, 0.6) is 0 Å². The van der Waals surface area contributed by atoms with E-state index in [1.807, 2.05) is 25.7 Å². The van der Waals surface area contributed by atoms with E-state index in [9.17, 15) is 4.79 Å². The lowest BCUT2D eigenvalue weighted by Gasteiger charge is -2.36. The van der Waals surface area contributed by atoms with Crippen molar-refractivity contribution < 1.29 is 9.53 Å². The smallest absolute Gasteiger partial charge is 0.264 e. The maximum Gasteiger partial charge on any atom is 0.264 e. The van der Waals surface area contributed by atoms with E-state index in [4.69, 9.17) is 10.5 Å². The molecule has 17 heavy (non-hydrogen) atoms. The molecule has 2 rings (SSSR count). The largest absolute Gasteiger partial charge is 0.398 e. The van der Waals surface area contributed by atoms with Crippen LogP contribution in [0.1, 0.15) is 28.4 Å². The van der Waals surface area contributed by atoms with Gasteiger partial charge in [0.15, 0.2) is 0 Å². The van der Waals surface area contributed by atoms with Gasteiger partial charge in [-0.05, 0) is 26.8 Å². The fraction of sp³-hybridized carbons (Fsp3) is 0.583. The van der Waals surface area contributed by atoms with Crippen LogP contribution in [0.2, 0.25) is 0 Å². The number of carbonyl (C=O) groups excluding carboxylic acids is 1. The first-order chi connectivity index (χ1) is 7.99. The Morgan fingerprint density at radius 3 is 2.88 bits per heavy atom. The molecule has 5 heteroatoms. The highest BCUT2D eigenvalue weighted by Gasteiger charge is 2.29. The van der Waals surface area contributed by atoms with Crippen LogP contribution in [0.3, 0.4) is 0 Å². The van der Waals surface area contributed by atoms with E-state index in [1.165, 1.54) is 11.3 Å². The van der Waals surface area contributed by atoms with Gasteiger partial charge in [0.05, 0.1) is 23.6 Å². The van der Waals surface area contributed by atoms with Crippen LogP contribution in [0, 0.1) is 6.92 Å². The molecule has 1 aromatic rings. The molecule has 0 aromatic carbocycles. The third-order valence-corrected chi connectivity index (χ3v) is 4.09. The summed E-state index contributed by atoms with van der Waals surface area (Å²) in [6.07, 6.45) is 0.105. The van der Waals surface area contributed by atoms with Crippen molar-refractivity contribution >= 4 is 22.9 Å². The summed E-state index contributed by atoms with van der Waals surface area (Å²) in [5, 5.41) is 0. The fourth-order valence-corrected chi connectivity index (χ4v) is 2.83. The number of anilines is 1. The van der Waals surface area contributed by atoms with Crippen molar-refractivity contribution in [2.45, 2.75) is 32.9 Å². The summed E-state index contributed by atoms with van der Waals surface area (Å²) in [7, 11) is 0. The fourth-order valence-electron chi connectivity index (χ4n) is 1.93. The number of carbonyl (C=O) groups is 1. The average molecular weight is 254 g/mol. The van der Waals surface area contributed by atoms with Gasteiger partial charge in [0.25, 0.3) is 5.91 Å². The summed E-state index contributed by atoms with van der Waals surface area (Å²) in [4.78, 5) is 15.9. The lowest BCUT2D eigenvalue weighted by atomic mass is 10.2. The van der Waals surface area contributed by atoms with Gasteiger partial charge in [0.1, 0.15) is 0 Å². The molecule has 0 bridgehead atoms.